The van der Waals surface area contributed by atoms with Crippen LogP contribution in [-0.4, -0.2) is 48.3 Å². The molecule has 1 unspecified atom stereocenters. The van der Waals surface area contributed by atoms with Crippen molar-refractivity contribution in [3.63, 3.8) is 0 Å². The summed E-state index contributed by atoms with van der Waals surface area (Å²) in [5.41, 5.74) is 0.526. The lowest BCUT2D eigenvalue weighted by molar-refractivity contribution is 0.200. The Morgan fingerprint density at radius 3 is 2.15 bits per heavy atom. The Hall–Kier alpha value is -2.42. The van der Waals surface area contributed by atoms with Gasteiger partial charge in [0.05, 0.1) is 0 Å². The van der Waals surface area contributed by atoms with Gasteiger partial charge in [-0.05, 0) is 31.5 Å². The van der Waals surface area contributed by atoms with Crippen molar-refractivity contribution in [2.45, 2.75) is 52.2 Å². The van der Waals surface area contributed by atoms with Crippen molar-refractivity contribution >= 4 is 23.6 Å². The maximum atomic E-state index is 13.1. The van der Waals surface area contributed by atoms with Crippen LogP contribution in [0.5, 0.6) is 0 Å². The van der Waals surface area contributed by atoms with Crippen molar-refractivity contribution in [3.05, 3.63) is 62.6 Å². The first-order valence-electron chi connectivity index (χ1n) is 11.5. The molecule has 0 bridgehead atoms. The lowest BCUT2D eigenvalue weighted by Crippen LogP contribution is -2.38. The Bertz CT molecular complexity index is 1140. The largest absolute Gasteiger partial charge is 0.380 e. The summed E-state index contributed by atoms with van der Waals surface area (Å²) < 4.78 is 4.28. The van der Waals surface area contributed by atoms with Crippen molar-refractivity contribution in [2.75, 3.05) is 19.6 Å². The summed E-state index contributed by atoms with van der Waals surface area (Å²) in [5, 5.41) is 11.1. The predicted molar refractivity (Wildman–Crippen MR) is 134 cm³/mol. The average molecular weight is 478 g/mol. The van der Waals surface area contributed by atoms with Crippen molar-refractivity contribution in [3.8, 4) is 0 Å². The fourth-order valence-corrected chi connectivity index (χ4v) is 4.02. The molecule has 1 aromatic carbocycles. The van der Waals surface area contributed by atoms with Gasteiger partial charge in [-0.15, -0.1) is 12.4 Å². The number of aryl methyl sites for hydroxylation is 1. The lowest BCUT2D eigenvalue weighted by atomic mass is 10.1. The fraction of sp³-hybridized carbons (Fsp3) is 0.542. The number of benzene rings is 1. The standard InChI is InChI=1S/C24H35N5O3.ClH/c1-5-7-14-28(15-8-6-2)16-17-29-19-21(26(3)24(32)27(4)23(19)31)25-22(29)20(30)18-12-10-9-11-13-18;/h9-13,20,30H,5-8,14-17H2,1-4H3;1H. The van der Waals surface area contributed by atoms with Crippen molar-refractivity contribution < 1.29 is 5.11 Å². The number of aromatic nitrogens is 4. The zero-order valence-electron chi connectivity index (χ0n) is 20.0. The molecule has 3 rings (SSSR count). The van der Waals surface area contributed by atoms with Crippen LogP contribution in [0.1, 0.15) is 57.0 Å². The third kappa shape index (κ3) is 5.75. The third-order valence-electron chi connectivity index (χ3n) is 6.03. The minimum atomic E-state index is -0.997. The first kappa shape index (κ1) is 26.8. The van der Waals surface area contributed by atoms with E-state index in [-0.39, 0.29) is 12.4 Å². The Balaban J connectivity index is 0.00000385. The van der Waals surface area contributed by atoms with Gasteiger partial charge in [-0.1, -0.05) is 57.0 Å². The smallest absolute Gasteiger partial charge is 0.332 e. The molecule has 0 radical (unpaired) electrons. The molecule has 0 aliphatic rings. The van der Waals surface area contributed by atoms with E-state index in [9.17, 15) is 14.7 Å². The number of hydrogen-bond acceptors (Lipinski definition) is 5. The first-order chi connectivity index (χ1) is 15.4. The van der Waals surface area contributed by atoms with Crippen molar-refractivity contribution in [1.29, 1.82) is 0 Å². The Morgan fingerprint density at radius 2 is 1.58 bits per heavy atom. The second kappa shape index (κ2) is 12.2. The zero-order chi connectivity index (χ0) is 23.3. The summed E-state index contributed by atoms with van der Waals surface area (Å²) in [6.07, 6.45) is 3.48. The van der Waals surface area contributed by atoms with E-state index in [0.29, 0.717) is 29.1 Å². The molecule has 0 fully saturated rings. The van der Waals surface area contributed by atoms with Crippen LogP contribution < -0.4 is 11.2 Å². The minimum absolute atomic E-state index is 0. The number of rotatable bonds is 11. The molecular weight excluding hydrogens is 442 g/mol. The second-order valence-corrected chi connectivity index (χ2v) is 8.36. The molecule has 0 saturated heterocycles. The van der Waals surface area contributed by atoms with Gasteiger partial charge < -0.3 is 14.6 Å². The fourth-order valence-electron chi connectivity index (χ4n) is 4.02. The molecule has 182 valence electrons. The lowest BCUT2D eigenvalue weighted by Gasteiger charge is -2.23. The molecule has 0 aliphatic carbocycles. The number of imidazole rings is 1. The van der Waals surface area contributed by atoms with Crippen LogP contribution in [0, 0.1) is 0 Å². The summed E-state index contributed by atoms with van der Waals surface area (Å²) in [7, 11) is 3.08. The third-order valence-corrected chi connectivity index (χ3v) is 6.03. The quantitative estimate of drug-likeness (QED) is 0.459. The highest BCUT2D eigenvalue weighted by Crippen LogP contribution is 2.24. The molecule has 2 aromatic heterocycles. The molecule has 0 aliphatic heterocycles. The van der Waals surface area contributed by atoms with Gasteiger partial charge >= 0.3 is 5.69 Å². The van der Waals surface area contributed by atoms with Gasteiger partial charge in [-0.25, -0.2) is 9.78 Å². The highest BCUT2D eigenvalue weighted by molar-refractivity contribution is 5.85. The second-order valence-electron chi connectivity index (χ2n) is 8.36. The molecule has 8 nitrogen and oxygen atoms in total. The molecule has 33 heavy (non-hydrogen) atoms. The van der Waals surface area contributed by atoms with E-state index in [1.54, 1.807) is 11.6 Å². The summed E-state index contributed by atoms with van der Waals surface area (Å²) in [6, 6.07) is 9.27. The van der Waals surface area contributed by atoms with E-state index in [1.165, 1.54) is 11.6 Å². The number of fused-ring (bicyclic) bond motifs is 1. The number of nitrogens with zero attached hydrogens (tertiary/aromatic N) is 5. The van der Waals surface area contributed by atoms with Crippen molar-refractivity contribution in [2.24, 2.45) is 14.1 Å². The number of halogens is 1. The van der Waals surface area contributed by atoms with E-state index >= 15 is 0 Å². The predicted octanol–water partition coefficient (Wildman–Crippen LogP) is 2.84. The molecule has 2 heterocycles. The molecule has 1 N–H and O–H groups in total. The van der Waals surface area contributed by atoms with Crippen LogP contribution in [0.15, 0.2) is 39.9 Å². The molecule has 9 heteroatoms. The number of aliphatic hydroxyl groups is 1. The summed E-state index contributed by atoms with van der Waals surface area (Å²) in [5.74, 6) is 0.385. The van der Waals surface area contributed by atoms with Crippen LogP contribution >= 0.6 is 12.4 Å². The highest BCUT2D eigenvalue weighted by Gasteiger charge is 2.24. The first-order valence-corrected chi connectivity index (χ1v) is 11.5. The average Bonchev–Trinajstić information content (AvgIpc) is 3.20. The molecule has 0 amide bonds. The minimum Gasteiger partial charge on any atom is -0.380 e. The van der Waals surface area contributed by atoms with Gasteiger partial charge in [-0.2, -0.15) is 0 Å². The van der Waals surface area contributed by atoms with Gasteiger partial charge in [0.25, 0.3) is 5.56 Å². The van der Waals surface area contributed by atoms with E-state index < -0.39 is 17.4 Å². The van der Waals surface area contributed by atoms with E-state index in [4.69, 9.17) is 0 Å². The summed E-state index contributed by atoms with van der Waals surface area (Å²) in [6.45, 7) is 7.61. The van der Waals surface area contributed by atoms with Crippen molar-refractivity contribution in [1.82, 2.24) is 23.6 Å². The normalized spacial score (nSPS) is 12.3. The zero-order valence-corrected chi connectivity index (χ0v) is 20.8. The highest BCUT2D eigenvalue weighted by atomic mass is 35.5. The van der Waals surface area contributed by atoms with Gasteiger partial charge in [0.2, 0.25) is 0 Å². The maximum absolute atomic E-state index is 13.1. The molecular formula is C24H36ClN5O3. The van der Waals surface area contributed by atoms with Gasteiger partial charge in [0.15, 0.2) is 11.2 Å². The Labute approximate surface area is 200 Å². The molecule has 0 spiro atoms. The van der Waals surface area contributed by atoms with Crippen LogP contribution in [0.25, 0.3) is 11.2 Å². The Kier molecular flexibility index (Phi) is 9.88. The summed E-state index contributed by atoms with van der Waals surface area (Å²) in [4.78, 5) is 32.6. The number of aliphatic hydroxyl groups excluding tert-OH is 1. The van der Waals surface area contributed by atoms with Crippen LogP contribution in [-0.2, 0) is 20.6 Å². The molecule has 0 saturated carbocycles. The van der Waals surface area contributed by atoms with E-state index in [2.05, 4.69) is 23.7 Å². The van der Waals surface area contributed by atoms with Crippen LogP contribution in [0.3, 0.4) is 0 Å². The maximum Gasteiger partial charge on any atom is 0.332 e. The summed E-state index contributed by atoms with van der Waals surface area (Å²) >= 11 is 0. The SMILES string of the molecule is CCCCN(CCCC)CCn1c(C(O)c2ccccc2)nc2c1c(=O)n(C)c(=O)n2C.Cl. The van der Waals surface area contributed by atoms with Gasteiger partial charge in [0, 0.05) is 27.2 Å². The van der Waals surface area contributed by atoms with Gasteiger partial charge in [-0.3, -0.25) is 13.9 Å². The molecule has 1 atom stereocenters. The number of hydrogen-bond donors (Lipinski definition) is 1. The monoisotopic (exact) mass is 477 g/mol. The topological polar surface area (TPSA) is 85.3 Å². The van der Waals surface area contributed by atoms with Gasteiger partial charge in [0.1, 0.15) is 11.9 Å². The Morgan fingerprint density at radius 1 is 0.970 bits per heavy atom. The number of unbranched alkanes of at least 4 members (excludes halogenated alkanes) is 2. The van der Waals surface area contributed by atoms with E-state index in [0.717, 1.165) is 49.9 Å². The van der Waals surface area contributed by atoms with Crippen LogP contribution in [0.4, 0.5) is 0 Å². The van der Waals surface area contributed by atoms with E-state index in [1.807, 2.05) is 30.3 Å². The molecule has 3 aromatic rings. The van der Waals surface area contributed by atoms with Crippen LogP contribution in [0.2, 0.25) is 0 Å².